The number of allylic oxidation sites excluding steroid dienone is 2. The molecule has 2 aromatic carbocycles. The molecule has 2 unspecified atom stereocenters. The van der Waals surface area contributed by atoms with Crippen LogP contribution in [-0.2, 0) is 14.6 Å². The lowest BCUT2D eigenvalue weighted by molar-refractivity contribution is -0.119. The smallest absolute Gasteiger partial charge is 0.224 e. The van der Waals surface area contributed by atoms with E-state index in [9.17, 15) is 17.6 Å². The highest BCUT2D eigenvalue weighted by Gasteiger charge is 2.31. The van der Waals surface area contributed by atoms with Crippen LogP contribution in [0.2, 0.25) is 0 Å². The van der Waals surface area contributed by atoms with Crippen molar-refractivity contribution in [3.8, 4) is 0 Å². The second-order valence-electron chi connectivity index (χ2n) is 7.36. The van der Waals surface area contributed by atoms with Gasteiger partial charge >= 0.3 is 0 Å². The minimum atomic E-state index is -3.63. The summed E-state index contributed by atoms with van der Waals surface area (Å²) in [5, 5.41) is 3.15. The lowest BCUT2D eigenvalue weighted by Crippen LogP contribution is -2.25. The number of primary amides is 1. The molecule has 0 radical (unpaired) electrons. The minimum Gasteiger partial charge on any atom is -0.369 e. The molecular weight excluding hydrogens is 379 g/mol. The Morgan fingerprint density at radius 1 is 1.18 bits per heavy atom. The fraction of sp³-hybridized carbons (Fsp3) is 0.286. The van der Waals surface area contributed by atoms with Crippen molar-refractivity contribution in [3.63, 3.8) is 0 Å². The number of halogens is 1. The number of carbonyl (C=O) groups is 1. The predicted molar refractivity (Wildman–Crippen MR) is 105 cm³/mol. The van der Waals surface area contributed by atoms with Gasteiger partial charge in [-0.2, -0.15) is 0 Å². The zero-order valence-electron chi connectivity index (χ0n) is 15.2. The summed E-state index contributed by atoms with van der Waals surface area (Å²) in [5.41, 5.74) is 7.27. The third-order valence-electron chi connectivity index (χ3n) is 5.52. The lowest BCUT2D eigenvalue weighted by atomic mass is 9.82. The number of nitrogens with two attached hydrogens (primary N) is 1. The molecule has 0 saturated carbocycles. The van der Waals surface area contributed by atoms with E-state index in [1.54, 1.807) is 42.5 Å². The fourth-order valence-electron chi connectivity index (χ4n) is 3.98. The van der Waals surface area contributed by atoms with Crippen LogP contribution in [0.5, 0.6) is 0 Å². The summed E-state index contributed by atoms with van der Waals surface area (Å²) < 4.78 is 39.0. The molecule has 0 aromatic heterocycles. The summed E-state index contributed by atoms with van der Waals surface area (Å²) >= 11 is 0. The van der Waals surface area contributed by atoms with Crippen LogP contribution in [0, 0.1) is 5.92 Å². The first-order valence-corrected chi connectivity index (χ1v) is 10.7. The van der Waals surface area contributed by atoms with Crippen molar-refractivity contribution < 1.29 is 17.6 Å². The first-order valence-electron chi connectivity index (χ1n) is 9.25. The molecule has 146 valence electrons. The van der Waals surface area contributed by atoms with E-state index in [0.717, 1.165) is 0 Å². The van der Waals surface area contributed by atoms with Crippen molar-refractivity contribution in [1.29, 1.82) is 0 Å². The van der Waals surface area contributed by atoms with Gasteiger partial charge in [0, 0.05) is 0 Å². The van der Waals surface area contributed by atoms with E-state index in [2.05, 4.69) is 5.32 Å². The highest BCUT2D eigenvalue weighted by molar-refractivity contribution is 7.92. The van der Waals surface area contributed by atoms with Gasteiger partial charge in [-0.3, -0.25) is 4.79 Å². The predicted octanol–water partition coefficient (Wildman–Crippen LogP) is 4.19. The Labute approximate surface area is 163 Å². The maximum atomic E-state index is 13.3. The van der Waals surface area contributed by atoms with E-state index in [1.807, 2.05) is 0 Å². The van der Waals surface area contributed by atoms with Crippen molar-refractivity contribution in [1.82, 2.24) is 0 Å². The van der Waals surface area contributed by atoms with Crippen LogP contribution in [-0.4, -0.2) is 14.3 Å². The zero-order chi connectivity index (χ0) is 19.9. The molecule has 1 aliphatic heterocycles. The molecule has 2 aromatic rings. The summed E-state index contributed by atoms with van der Waals surface area (Å²) in [4.78, 5) is 12.5. The van der Waals surface area contributed by atoms with Gasteiger partial charge in [-0.05, 0) is 61.4 Å². The van der Waals surface area contributed by atoms with Gasteiger partial charge in [0.2, 0.25) is 15.7 Å². The summed E-state index contributed by atoms with van der Waals surface area (Å²) in [6.45, 7) is 0. The molecule has 0 spiro atoms. The number of hydrogen-bond acceptors (Lipinski definition) is 4. The molecule has 28 heavy (non-hydrogen) atoms. The van der Waals surface area contributed by atoms with E-state index >= 15 is 0 Å². The molecule has 1 heterocycles. The second kappa shape index (κ2) is 7.05. The Balaban J connectivity index is 1.67. The largest absolute Gasteiger partial charge is 0.369 e. The van der Waals surface area contributed by atoms with E-state index in [4.69, 9.17) is 5.73 Å². The van der Waals surface area contributed by atoms with Crippen molar-refractivity contribution in [2.75, 3.05) is 5.32 Å². The third-order valence-corrected chi connectivity index (χ3v) is 7.39. The van der Waals surface area contributed by atoms with Crippen molar-refractivity contribution in [2.24, 2.45) is 11.7 Å². The summed E-state index contributed by atoms with van der Waals surface area (Å²) in [7, 11) is -3.63. The van der Waals surface area contributed by atoms with Gasteiger partial charge in [0.1, 0.15) is 0 Å². The molecule has 0 saturated heterocycles. The monoisotopic (exact) mass is 400 g/mol. The van der Waals surface area contributed by atoms with Crippen LogP contribution < -0.4 is 11.1 Å². The number of carbonyl (C=O) groups excluding carboxylic acids is 1. The molecule has 3 N–H and O–H groups in total. The SMILES string of the molecule is NC(=O)C(CC1CC=C(F)CC1)c1ccc2c(c1)Nc1ccccc1S2(=O)=O. The number of amides is 1. The van der Waals surface area contributed by atoms with Crippen molar-refractivity contribution in [3.05, 3.63) is 59.9 Å². The number of nitrogens with one attached hydrogen (secondary N) is 1. The number of hydrogen-bond donors (Lipinski definition) is 2. The van der Waals surface area contributed by atoms with Crippen LogP contribution in [0.1, 0.15) is 37.2 Å². The van der Waals surface area contributed by atoms with Gasteiger partial charge in [0.15, 0.2) is 0 Å². The van der Waals surface area contributed by atoms with Crippen LogP contribution in [0.4, 0.5) is 15.8 Å². The number of sulfone groups is 1. The quantitative estimate of drug-likeness (QED) is 0.687. The van der Waals surface area contributed by atoms with E-state index < -0.39 is 21.7 Å². The number of fused-ring (bicyclic) bond motifs is 2. The topological polar surface area (TPSA) is 89.3 Å². The molecule has 1 aliphatic carbocycles. The van der Waals surface area contributed by atoms with Crippen LogP contribution in [0.3, 0.4) is 0 Å². The third kappa shape index (κ3) is 3.30. The standard InChI is InChI=1S/C21H21FN2O3S/c22-15-8-5-13(6-9-15)11-16(21(23)25)14-7-10-20-18(12-14)24-17-3-1-2-4-19(17)28(20,26)27/h1-4,7-8,10,12-13,16,24H,5-6,9,11H2,(H2,23,25). The number of para-hydroxylation sites is 1. The Morgan fingerprint density at radius 2 is 1.93 bits per heavy atom. The van der Waals surface area contributed by atoms with Gasteiger partial charge in [0.05, 0.1) is 32.9 Å². The zero-order valence-corrected chi connectivity index (χ0v) is 16.0. The van der Waals surface area contributed by atoms with E-state index in [-0.39, 0.29) is 21.5 Å². The average Bonchev–Trinajstić information content (AvgIpc) is 2.67. The Kier molecular flexibility index (Phi) is 4.71. The maximum absolute atomic E-state index is 13.3. The Bertz CT molecular complexity index is 1080. The summed E-state index contributed by atoms with van der Waals surface area (Å²) in [6.07, 6.45) is 3.74. The highest BCUT2D eigenvalue weighted by atomic mass is 32.2. The Hall–Kier alpha value is -2.67. The van der Waals surface area contributed by atoms with E-state index in [1.165, 1.54) is 6.07 Å². The van der Waals surface area contributed by atoms with Gasteiger partial charge in [-0.15, -0.1) is 0 Å². The van der Waals surface area contributed by atoms with Gasteiger partial charge in [-0.25, -0.2) is 12.8 Å². The van der Waals surface area contributed by atoms with Crippen LogP contribution in [0.25, 0.3) is 0 Å². The van der Waals surface area contributed by atoms with Crippen molar-refractivity contribution >= 4 is 27.1 Å². The number of anilines is 2. The fourth-order valence-corrected chi connectivity index (χ4v) is 5.53. The molecule has 0 fully saturated rings. The lowest BCUT2D eigenvalue weighted by Gasteiger charge is -2.26. The molecule has 4 rings (SSSR count). The highest BCUT2D eigenvalue weighted by Crippen LogP contribution is 2.41. The Morgan fingerprint density at radius 3 is 2.64 bits per heavy atom. The molecule has 5 nitrogen and oxygen atoms in total. The van der Waals surface area contributed by atoms with Gasteiger partial charge in [0.25, 0.3) is 0 Å². The molecule has 1 amide bonds. The van der Waals surface area contributed by atoms with Crippen molar-refractivity contribution in [2.45, 2.75) is 41.4 Å². The summed E-state index contributed by atoms with van der Waals surface area (Å²) in [6, 6.07) is 11.6. The maximum Gasteiger partial charge on any atom is 0.224 e. The number of rotatable bonds is 4. The van der Waals surface area contributed by atoms with Gasteiger partial charge < -0.3 is 11.1 Å². The molecular formula is C21H21FN2O3S. The first-order chi connectivity index (χ1) is 13.4. The first kappa shape index (κ1) is 18.7. The molecule has 0 bridgehead atoms. The van der Waals surface area contributed by atoms with Gasteiger partial charge in [-0.1, -0.05) is 24.3 Å². The van der Waals surface area contributed by atoms with Crippen LogP contribution in [0.15, 0.2) is 64.2 Å². The molecule has 2 atom stereocenters. The minimum absolute atomic E-state index is 0.103. The summed E-state index contributed by atoms with van der Waals surface area (Å²) in [5.74, 6) is -0.945. The van der Waals surface area contributed by atoms with E-state index in [0.29, 0.717) is 42.6 Å². The molecule has 2 aliphatic rings. The second-order valence-corrected chi connectivity index (χ2v) is 9.25. The molecule has 7 heteroatoms. The average molecular weight is 400 g/mol. The number of benzene rings is 2. The van der Waals surface area contributed by atoms with Crippen LogP contribution >= 0.6 is 0 Å². The normalized spacial score (nSPS) is 20.9.